The number of aromatic hydroxyl groups is 1. The van der Waals surface area contributed by atoms with Crippen LogP contribution in [0.4, 0.5) is 11.5 Å². The van der Waals surface area contributed by atoms with E-state index < -0.39 is 17.2 Å². The van der Waals surface area contributed by atoms with Crippen molar-refractivity contribution in [3.05, 3.63) is 50.2 Å². The van der Waals surface area contributed by atoms with Gasteiger partial charge < -0.3 is 15.7 Å². The Morgan fingerprint density at radius 1 is 1.31 bits per heavy atom. The minimum atomic E-state index is -0.718. The maximum atomic E-state index is 13.3. The normalized spacial score (nSPS) is 11.1. The Kier molecular flexibility index (Phi) is 7.25. The van der Waals surface area contributed by atoms with Crippen molar-refractivity contribution in [2.75, 3.05) is 17.2 Å². The molecule has 8 nitrogen and oxygen atoms in total. The molecule has 0 aliphatic heterocycles. The van der Waals surface area contributed by atoms with Crippen molar-refractivity contribution in [2.24, 2.45) is 5.92 Å². The van der Waals surface area contributed by atoms with E-state index >= 15 is 0 Å². The SMILES string of the molecule is CCCCn1c(N)c(N(CCC(C)C)C(=O)c2cc(C)ccc2O)c(=O)[nH]c1=O. The molecule has 1 heterocycles. The number of nitrogens with zero attached hydrogens (tertiary/aromatic N) is 2. The Hall–Kier alpha value is -3.03. The number of amides is 1. The number of phenols is 1. The third-order valence-electron chi connectivity index (χ3n) is 4.78. The highest BCUT2D eigenvalue weighted by molar-refractivity contribution is 6.09. The molecule has 0 bridgehead atoms. The van der Waals surface area contributed by atoms with Gasteiger partial charge in [0.15, 0.2) is 5.69 Å². The van der Waals surface area contributed by atoms with E-state index in [1.807, 2.05) is 20.8 Å². The van der Waals surface area contributed by atoms with Gasteiger partial charge in [0, 0.05) is 13.1 Å². The van der Waals surface area contributed by atoms with Crippen molar-refractivity contribution in [1.29, 1.82) is 0 Å². The third kappa shape index (κ3) is 5.07. The van der Waals surface area contributed by atoms with Crippen LogP contribution in [0.1, 0.15) is 56.0 Å². The van der Waals surface area contributed by atoms with Gasteiger partial charge in [0.1, 0.15) is 11.6 Å². The number of aryl methyl sites for hydroxylation is 1. The van der Waals surface area contributed by atoms with Gasteiger partial charge in [-0.25, -0.2) is 4.79 Å². The summed E-state index contributed by atoms with van der Waals surface area (Å²) in [7, 11) is 0. The highest BCUT2D eigenvalue weighted by Crippen LogP contribution is 2.25. The standard InChI is InChI=1S/C21H30N4O4/c1-5-6-10-25-18(22)17(19(27)23-21(25)29)24(11-9-13(2)3)20(28)15-12-14(4)7-8-16(15)26/h7-8,12-13,26H,5-6,9-11,22H2,1-4H3,(H,23,27,29). The van der Waals surface area contributed by atoms with Gasteiger partial charge in [-0.2, -0.15) is 0 Å². The lowest BCUT2D eigenvalue weighted by molar-refractivity contribution is 0.0983. The molecule has 0 radical (unpaired) electrons. The minimum Gasteiger partial charge on any atom is -0.507 e. The quantitative estimate of drug-likeness (QED) is 0.627. The molecule has 0 atom stereocenters. The number of phenolic OH excluding ortho intramolecular Hbond substituents is 1. The van der Waals surface area contributed by atoms with Crippen LogP contribution in [0.5, 0.6) is 5.75 Å². The molecule has 0 unspecified atom stereocenters. The first-order valence-electron chi connectivity index (χ1n) is 9.91. The number of carbonyl (C=O) groups excluding carboxylic acids is 1. The van der Waals surface area contributed by atoms with Gasteiger partial charge >= 0.3 is 5.69 Å². The first-order chi connectivity index (χ1) is 13.7. The first kappa shape index (κ1) is 22.3. The number of hydrogen-bond acceptors (Lipinski definition) is 5. The lowest BCUT2D eigenvalue weighted by Gasteiger charge is -2.25. The molecule has 0 spiro atoms. The first-order valence-corrected chi connectivity index (χ1v) is 9.91. The number of nitrogens with one attached hydrogen (secondary N) is 1. The number of unbranched alkanes of at least 4 members (excludes halogenated alkanes) is 1. The van der Waals surface area contributed by atoms with Crippen LogP contribution in [-0.4, -0.2) is 27.1 Å². The number of carbonyl (C=O) groups is 1. The number of benzene rings is 1. The number of nitrogen functional groups attached to an aromatic ring is 1. The zero-order chi connectivity index (χ0) is 21.7. The number of aromatic amines is 1. The molecule has 8 heteroatoms. The van der Waals surface area contributed by atoms with E-state index in [0.29, 0.717) is 19.4 Å². The van der Waals surface area contributed by atoms with E-state index in [9.17, 15) is 19.5 Å². The predicted octanol–water partition coefficient (Wildman–Crippen LogP) is 2.63. The minimum absolute atomic E-state index is 0.0450. The Morgan fingerprint density at radius 3 is 2.62 bits per heavy atom. The fraction of sp³-hybridized carbons (Fsp3) is 0.476. The van der Waals surface area contributed by atoms with Gasteiger partial charge in [-0.05, 0) is 37.8 Å². The van der Waals surface area contributed by atoms with Gasteiger partial charge in [-0.3, -0.25) is 19.1 Å². The second kappa shape index (κ2) is 9.45. The fourth-order valence-electron chi connectivity index (χ4n) is 3.05. The summed E-state index contributed by atoms with van der Waals surface area (Å²) in [5.74, 6) is -0.492. The van der Waals surface area contributed by atoms with Crippen LogP contribution in [0, 0.1) is 12.8 Å². The number of nitrogens with two attached hydrogens (primary N) is 1. The number of rotatable bonds is 8. The molecule has 2 rings (SSSR count). The molecule has 2 aromatic rings. The average molecular weight is 402 g/mol. The largest absolute Gasteiger partial charge is 0.507 e. The van der Waals surface area contributed by atoms with Gasteiger partial charge in [-0.15, -0.1) is 0 Å². The average Bonchev–Trinajstić information content (AvgIpc) is 2.65. The summed E-state index contributed by atoms with van der Waals surface area (Å²) in [6.07, 6.45) is 2.16. The van der Waals surface area contributed by atoms with Crippen LogP contribution in [0.2, 0.25) is 0 Å². The molecule has 1 amide bonds. The van der Waals surface area contributed by atoms with Crippen molar-refractivity contribution in [3.8, 4) is 5.75 Å². The van der Waals surface area contributed by atoms with Gasteiger partial charge in [0.05, 0.1) is 5.56 Å². The van der Waals surface area contributed by atoms with Gasteiger partial charge in [0.2, 0.25) is 0 Å². The zero-order valence-electron chi connectivity index (χ0n) is 17.5. The molecule has 0 fully saturated rings. The van der Waals surface area contributed by atoms with Crippen molar-refractivity contribution in [3.63, 3.8) is 0 Å². The fourth-order valence-corrected chi connectivity index (χ4v) is 3.05. The van der Waals surface area contributed by atoms with E-state index in [2.05, 4.69) is 4.98 Å². The van der Waals surface area contributed by atoms with Crippen LogP contribution >= 0.6 is 0 Å². The van der Waals surface area contributed by atoms with Crippen molar-refractivity contribution in [2.45, 2.75) is 53.5 Å². The summed E-state index contributed by atoms with van der Waals surface area (Å²) >= 11 is 0. The molecule has 4 N–H and O–H groups in total. The summed E-state index contributed by atoms with van der Waals surface area (Å²) in [6.45, 7) is 8.36. The molecule has 0 aliphatic rings. The summed E-state index contributed by atoms with van der Waals surface area (Å²) in [5, 5.41) is 10.2. The molecule has 1 aromatic carbocycles. The molecule has 158 valence electrons. The summed E-state index contributed by atoms with van der Waals surface area (Å²) < 4.78 is 1.28. The maximum Gasteiger partial charge on any atom is 0.330 e. The number of H-pyrrole nitrogens is 1. The van der Waals surface area contributed by atoms with Crippen LogP contribution in [0.25, 0.3) is 0 Å². The topological polar surface area (TPSA) is 121 Å². The van der Waals surface area contributed by atoms with Crippen LogP contribution in [0.15, 0.2) is 27.8 Å². The number of anilines is 2. The highest BCUT2D eigenvalue weighted by atomic mass is 16.3. The molecular formula is C21H30N4O4. The Morgan fingerprint density at radius 2 is 2.00 bits per heavy atom. The third-order valence-corrected chi connectivity index (χ3v) is 4.78. The van der Waals surface area contributed by atoms with Crippen molar-refractivity contribution in [1.82, 2.24) is 9.55 Å². The summed E-state index contributed by atoms with van der Waals surface area (Å²) in [6, 6.07) is 4.70. The van der Waals surface area contributed by atoms with E-state index in [0.717, 1.165) is 12.0 Å². The summed E-state index contributed by atoms with van der Waals surface area (Å²) in [4.78, 5) is 41.7. The Balaban J connectivity index is 2.64. The molecule has 29 heavy (non-hydrogen) atoms. The second-order valence-corrected chi connectivity index (χ2v) is 7.66. The van der Waals surface area contributed by atoms with Crippen molar-refractivity contribution >= 4 is 17.4 Å². The van der Waals surface area contributed by atoms with Crippen LogP contribution in [0.3, 0.4) is 0 Å². The van der Waals surface area contributed by atoms with E-state index in [1.54, 1.807) is 19.1 Å². The molecule has 1 aromatic heterocycles. The smallest absolute Gasteiger partial charge is 0.330 e. The van der Waals surface area contributed by atoms with Crippen LogP contribution in [-0.2, 0) is 6.54 Å². The van der Waals surface area contributed by atoms with E-state index in [4.69, 9.17) is 5.73 Å². The zero-order valence-corrected chi connectivity index (χ0v) is 17.5. The maximum absolute atomic E-state index is 13.3. The monoisotopic (exact) mass is 402 g/mol. The molecule has 0 aliphatic carbocycles. The van der Waals surface area contributed by atoms with Crippen molar-refractivity contribution < 1.29 is 9.90 Å². The Bertz CT molecular complexity index is 991. The van der Waals surface area contributed by atoms with E-state index in [-0.39, 0.29) is 35.3 Å². The van der Waals surface area contributed by atoms with Gasteiger partial charge in [0.25, 0.3) is 11.5 Å². The van der Waals surface area contributed by atoms with E-state index in [1.165, 1.54) is 15.5 Å². The predicted molar refractivity (Wildman–Crippen MR) is 115 cm³/mol. The molecular weight excluding hydrogens is 372 g/mol. The molecule has 0 saturated heterocycles. The van der Waals surface area contributed by atoms with Crippen LogP contribution < -0.4 is 21.9 Å². The second-order valence-electron chi connectivity index (χ2n) is 7.66. The summed E-state index contributed by atoms with van der Waals surface area (Å²) in [5.41, 5.74) is 5.70. The highest BCUT2D eigenvalue weighted by Gasteiger charge is 2.27. The lowest BCUT2D eigenvalue weighted by atomic mass is 10.1. The Labute approximate surface area is 170 Å². The lowest BCUT2D eigenvalue weighted by Crippen LogP contribution is -2.42. The number of hydrogen-bond donors (Lipinski definition) is 3. The molecule has 0 saturated carbocycles. The number of aromatic nitrogens is 2. The van der Waals surface area contributed by atoms with Gasteiger partial charge in [-0.1, -0.05) is 38.8 Å².